The van der Waals surface area contributed by atoms with Crippen molar-refractivity contribution in [3.05, 3.63) is 119 Å². The molecule has 1 atom stereocenters. The molecule has 1 aliphatic carbocycles. The van der Waals surface area contributed by atoms with Crippen molar-refractivity contribution in [2.24, 2.45) is 5.41 Å². The molecular weight excluding hydrogens is 448 g/mol. The van der Waals surface area contributed by atoms with E-state index in [2.05, 4.69) is 0 Å². The van der Waals surface area contributed by atoms with Gasteiger partial charge in [-0.2, -0.15) is 0 Å². The van der Waals surface area contributed by atoms with Crippen LogP contribution < -0.4 is 9.80 Å². The Kier molecular flexibility index (Phi) is 7.02. The predicted molar refractivity (Wildman–Crippen MR) is 145 cm³/mol. The molecular formula is C31H30N2O3. The molecule has 0 aromatic heterocycles. The van der Waals surface area contributed by atoms with Gasteiger partial charge in [0.1, 0.15) is 5.41 Å². The Morgan fingerprint density at radius 2 is 1.17 bits per heavy atom. The Balaban J connectivity index is 1.69. The maximum Gasteiger partial charge on any atom is 0.195 e. The normalized spacial score (nSPS) is 16.4. The summed E-state index contributed by atoms with van der Waals surface area (Å²) in [7, 11) is 7.54. The number of Topliss-reactive ketones (excluding diaryl/α,β-unsaturated/α-hetero) is 2. The molecule has 36 heavy (non-hydrogen) atoms. The minimum absolute atomic E-state index is 0.121. The minimum Gasteiger partial charge on any atom is -0.377 e. The monoisotopic (exact) mass is 478 g/mol. The lowest BCUT2D eigenvalue weighted by Gasteiger charge is -2.30. The van der Waals surface area contributed by atoms with Gasteiger partial charge in [0.05, 0.1) is 0 Å². The topological polar surface area (TPSA) is 57.7 Å². The van der Waals surface area contributed by atoms with Crippen LogP contribution in [0.1, 0.15) is 43.1 Å². The number of allylic oxidation sites excluding steroid dienone is 4. The third-order valence-electron chi connectivity index (χ3n) is 6.55. The van der Waals surface area contributed by atoms with Crippen molar-refractivity contribution < 1.29 is 14.4 Å². The number of benzene rings is 3. The van der Waals surface area contributed by atoms with E-state index in [-0.39, 0.29) is 23.8 Å². The zero-order valence-corrected chi connectivity index (χ0v) is 21.1. The van der Waals surface area contributed by atoms with Crippen LogP contribution >= 0.6 is 0 Å². The van der Waals surface area contributed by atoms with Crippen LogP contribution in [0.3, 0.4) is 0 Å². The molecule has 5 heteroatoms. The van der Waals surface area contributed by atoms with Crippen LogP contribution in [0, 0.1) is 5.41 Å². The van der Waals surface area contributed by atoms with E-state index in [9.17, 15) is 14.4 Å². The number of rotatable bonds is 8. The summed E-state index contributed by atoms with van der Waals surface area (Å²) in [6, 6.07) is 21.4. The zero-order valence-electron chi connectivity index (χ0n) is 21.1. The Morgan fingerprint density at radius 1 is 0.639 bits per heavy atom. The summed E-state index contributed by atoms with van der Waals surface area (Å²) < 4.78 is 0. The number of ketones is 3. The lowest BCUT2D eigenvalue weighted by molar-refractivity contribution is 0.0727. The first kappa shape index (κ1) is 24.9. The molecule has 1 unspecified atom stereocenters. The fourth-order valence-electron chi connectivity index (χ4n) is 4.60. The second kappa shape index (κ2) is 10.2. The van der Waals surface area contributed by atoms with Crippen molar-refractivity contribution in [2.45, 2.75) is 6.42 Å². The van der Waals surface area contributed by atoms with Crippen molar-refractivity contribution >= 4 is 28.7 Å². The average Bonchev–Trinajstić information content (AvgIpc) is 2.92. The van der Waals surface area contributed by atoms with Crippen molar-refractivity contribution in [3.8, 4) is 0 Å². The molecule has 0 N–H and O–H groups in total. The number of para-hydroxylation sites is 2. The molecule has 4 rings (SSSR count). The Bertz CT molecular complexity index is 1370. The molecule has 0 bridgehead atoms. The summed E-state index contributed by atoms with van der Waals surface area (Å²) in [6.07, 6.45) is 7.44. The van der Waals surface area contributed by atoms with Crippen LogP contribution in [0.25, 0.3) is 0 Å². The number of hydrogen-bond donors (Lipinski definition) is 0. The van der Waals surface area contributed by atoms with Crippen molar-refractivity contribution in [3.63, 3.8) is 0 Å². The summed E-state index contributed by atoms with van der Waals surface area (Å²) in [6.45, 7) is 0. The molecule has 0 radical (unpaired) electrons. The van der Waals surface area contributed by atoms with Gasteiger partial charge in [-0.05, 0) is 30.7 Å². The number of nitrogens with zero attached hydrogens (tertiary/aromatic N) is 2. The molecule has 5 nitrogen and oxygen atoms in total. The molecule has 0 fully saturated rings. The highest BCUT2D eigenvalue weighted by molar-refractivity contribution is 6.23. The minimum atomic E-state index is -1.34. The average molecular weight is 479 g/mol. The third kappa shape index (κ3) is 4.52. The molecule has 0 heterocycles. The number of hydrogen-bond acceptors (Lipinski definition) is 5. The van der Waals surface area contributed by atoms with Crippen LogP contribution in [0.4, 0.5) is 11.4 Å². The molecule has 3 aromatic carbocycles. The summed E-state index contributed by atoms with van der Waals surface area (Å²) in [4.78, 5) is 44.8. The van der Waals surface area contributed by atoms with Gasteiger partial charge in [0.2, 0.25) is 0 Å². The van der Waals surface area contributed by atoms with Gasteiger partial charge in [-0.15, -0.1) is 0 Å². The quantitative estimate of drug-likeness (QED) is 0.311. The van der Waals surface area contributed by atoms with E-state index in [4.69, 9.17) is 0 Å². The van der Waals surface area contributed by atoms with Crippen molar-refractivity contribution in [1.82, 2.24) is 0 Å². The maximum atomic E-state index is 13.9. The highest BCUT2D eigenvalue weighted by Crippen LogP contribution is 2.38. The standard InChI is InChI=1S/C31H30N2O3/c1-32(2)26-14-8-6-12-24(26)28(34)22-16-18-23(19-17-22)29(35)31(20-10-5-11-21-31)30(36)25-13-7-9-15-27(25)33(3)4/h5-20H,21H2,1-4H3. The van der Waals surface area contributed by atoms with Crippen molar-refractivity contribution in [1.29, 1.82) is 0 Å². The molecule has 1 aliphatic rings. The van der Waals surface area contributed by atoms with Gasteiger partial charge in [-0.25, -0.2) is 0 Å². The van der Waals surface area contributed by atoms with E-state index in [1.807, 2.05) is 86.5 Å². The maximum absolute atomic E-state index is 13.9. The third-order valence-corrected chi connectivity index (χ3v) is 6.55. The fraction of sp³-hybridized carbons (Fsp3) is 0.194. The van der Waals surface area contributed by atoms with E-state index in [0.717, 1.165) is 11.4 Å². The van der Waals surface area contributed by atoms with Crippen LogP contribution in [0.15, 0.2) is 97.1 Å². The SMILES string of the molecule is CN(C)c1ccccc1C(=O)c1ccc(C(=O)C2(C(=O)c3ccccc3N(C)C)C=CC=CC2)cc1. The number of anilines is 2. The number of carbonyl (C=O) groups is 3. The fourth-order valence-corrected chi connectivity index (χ4v) is 4.60. The largest absolute Gasteiger partial charge is 0.377 e. The molecule has 0 aliphatic heterocycles. The highest BCUT2D eigenvalue weighted by atomic mass is 16.2. The van der Waals surface area contributed by atoms with Gasteiger partial charge in [0.25, 0.3) is 0 Å². The second-order valence-corrected chi connectivity index (χ2v) is 9.35. The first-order valence-electron chi connectivity index (χ1n) is 11.9. The Hall–Kier alpha value is -4.25. The Labute approximate surface area is 212 Å². The van der Waals surface area contributed by atoms with Gasteiger partial charge < -0.3 is 9.80 Å². The molecule has 0 amide bonds. The first-order valence-corrected chi connectivity index (χ1v) is 11.9. The summed E-state index contributed by atoms with van der Waals surface area (Å²) >= 11 is 0. The van der Waals surface area contributed by atoms with Gasteiger partial charge in [-0.1, -0.05) is 72.8 Å². The van der Waals surface area contributed by atoms with Crippen LogP contribution in [-0.4, -0.2) is 45.5 Å². The molecule has 0 spiro atoms. The zero-order chi connectivity index (χ0) is 25.9. The van der Waals surface area contributed by atoms with Crippen molar-refractivity contribution in [2.75, 3.05) is 38.0 Å². The van der Waals surface area contributed by atoms with Crippen LogP contribution in [0.5, 0.6) is 0 Å². The summed E-state index contributed by atoms with van der Waals surface area (Å²) in [5.74, 6) is -0.642. The smallest absolute Gasteiger partial charge is 0.195 e. The highest BCUT2D eigenvalue weighted by Gasteiger charge is 2.44. The molecule has 0 saturated carbocycles. The van der Waals surface area contributed by atoms with E-state index < -0.39 is 5.41 Å². The van der Waals surface area contributed by atoms with E-state index >= 15 is 0 Å². The van der Waals surface area contributed by atoms with Gasteiger partial charge in [0.15, 0.2) is 17.3 Å². The Morgan fingerprint density at radius 3 is 1.72 bits per heavy atom. The van der Waals surface area contributed by atoms with E-state index in [0.29, 0.717) is 22.3 Å². The summed E-state index contributed by atoms with van der Waals surface area (Å²) in [5, 5.41) is 0. The lowest BCUT2D eigenvalue weighted by atomic mass is 9.70. The van der Waals surface area contributed by atoms with E-state index in [1.165, 1.54) is 0 Å². The van der Waals surface area contributed by atoms with Crippen LogP contribution in [-0.2, 0) is 0 Å². The molecule has 182 valence electrons. The molecule has 3 aromatic rings. The van der Waals surface area contributed by atoms with Gasteiger partial charge in [-0.3, -0.25) is 14.4 Å². The lowest BCUT2D eigenvalue weighted by Crippen LogP contribution is -2.39. The van der Waals surface area contributed by atoms with Gasteiger partial charge in [0, 0.05) is 61.8 Å². The summed E-state index contributed by atoms with van der Waals surface area (Å²) in [5.41, 5.74) is 2.21. The number of carbonyl (C=O) groups excluding carboxylic acids is 3. The predicted octanol–water partition coefficient (Wildman–Crippen LogP) is 5.62. The van der Waals surface area contributed by atoms with Gasteiger partial charge >= 0.3 is 0 Å². The molecule has 0 saturated heterocycles. The van der Waals surface area contributed by atoms with Crippen LogP contribution in [0.2, 0.25) is 0 Å². The second-order valence-electron chi connectivity index (χ2n) is 9.35. The van der Waals surface area contributed by atoms with E-state index in [1.54, 1.807) is 48.6 Å². The first-order chi connectivity index (χ1) is 17.3.